The van der Waals surface area contributed by atoms with Crippen molar-refractivity contribution in [3.8, 4) is 0 Å². The van der Waals surface area contributed by atoms with Gasteiger partial charge in [-0.1, -0.05) is 45.0 Å². The van der Waals surface area contributed by atoms with E-state index in [2.05, 4.69) is 5.32 Å². The van der Waals surface area contributed by atoms with E-state index in [4.69, 9.17) is 10.8 Å². The summed E-state index contributed by atoms with van der Waals surface area (Å²) in [6.45, 7) is 5.98. The number of nitrogens with two attached hydrogens (primary N) is 1. The van der Waals surface area contributed by atoms with Gasteiger partial charge in [-0.25, -0.2) is 0 Å². The fourth-order valence-corrected chi connectivity index (χ4v) is 1.75. The van der Waals surface area contributed by atoms with Crippen molar-refractivity contribution in [2.45, 2.75) is 39.8 Å². The third-order valence-corrected chi connectivity index (χ3v) is 3.13. The van der Waals surface area contributed by atoms with Crippen LogP contribution in [-0.2, 0) is 22.6 Å². The molecule has 0 aliphatic carbocycles. The number of carboxylic acid groups (broad SMARTS) is 1. The Hall–Kier alpha value is -1.88. The van der Waals surface area contributed by atoms with Crippen LogP contribution in [0.2, 0.25) is 0 Å². The van der Waals surface area contributed by atoms with Gasteiger partial charge in [0.1, 0.15) is 0 Å². The van der Waals surface area contributed by atoms with Crippen molar-refractivity contribution in [3.05, 3.63) is 35.4 Å². The van der Waals surface area contributed by atoms with E-state index in [0.29, 0.717) is 5.56 Å². The highest BCUT2D eigenvalue weighted by Crippen LogP contribution is 2.17. The normalized spacial score (nSPS) is 12.8. The third kappa shape index (κ3) is 4.66. The lowest BCUT2D eigenvalue weighted by atomic mass is 9.87. The second-order valence-electron chi connectivity index (χ2n) is 5.90. The Bertz CT molecular complexity index is 492. The number of amides is 1. The highest BCUT2D eigenvalue weighted by molar-refractivity contribution is 5.82. The van der Waals surface area contributed by atoms with Gasteiger partial charge < -0.3 is 16.2 Å². The van der Waals surface area contributed by atoms with Crippen molar-refractivity contribution < 1.29 is 14.7 Å². The molecule has 0 spiro atoms. The molecule has 1 rings (SSSR count). The van der Waals surface area contributed by atoms with Gasteiger partial charge in [-0.05, 0) is 16.5 Å². The number of carbonyl (C=O) groups excluding carboxylic acids is 1. The van der Waals surface area contributed by atoms with E-state index in [9.17, 15) is 9.59 Å². The zero-order valence-corrected chi connectivity index (χ0v) is 12.1. The summed E-state index contributed by atoms with van der Waals surface area (Å²) in [4.78, 5) is 22.7. The first-order valence-electron chi connectivity index (χ1n) is 6.53. The van der Waals surface area contributed by atoms with E-state index in [-0.39, 0.29) is 24.3 Å². The molecule has 4 N–H and O–H groups in total. The van der Waals surface area contributed by atoms with E-state index in [0.717, 1.165) is 5.56 Å². The zero-order valence-electron chi connectivity index (χ0n) is 12.1. The predicted octanol–water partition coefficient (Wildman–Crippen LogP) is 1.30. The van der Waals surface area contributed by atoms with Crippen LogP contribution in [0.15, 0.2) is 24.3 Å². The number of benzene rings is 1. The molecule has 0 aliphatic heterocycles. The van der Waals surface area contributed by atoms with Crippen LogP contribution in [-0.4, -0.2) is 23.0 Å². The molecule has 5 heteroatoms. The van der Waals surface area contributed by atoms with Crippen LogP contribution in [0.1, 0.15) is 31.9 Å². The summed E-state index contributed by atoms with van der Waals surface area (Å²) in [6.07, 6.45) is -0.0582. The molecule has 1 atom stereocenters. The van der Waals surface area contributed by atoms with E-state index < -0.39 is 12.0 Å². The van der Waals surface area contributed by atoms with Crippen LogP contribution in [0.3, 0.4) is 0 Å². The predicted molar refractivity (Wildman–Crippen MR) is 77.1 cm³/mol. The lowest BCUT2D eigenvalue weighted by Gasteiger charge is -2.26. The molecular formula is C15H22N2O3. The quantitative estimate of drug-likeness (QED) is 0.757. The molecule has 110 valence electrons. The maximum atomic E-state index is 11.9. The van der Waals surface area contributed by atoms with Crippen molar-refractivity contribution in [1.82, 2.24) is 5.32 Å². The monoisotopic (exact) mass is 278 g/mol. The highest BCUT2D eigenvalue weighted by Gasteiger charge is 2.27. The van der Waals surface area contributed by atoms with Gasteiger partial charge in [0.25, 0.3) is 0 Å². The van der Waals surface area contributed by atoms with Crippen molar-refractivity contribution in [3.63, 3.8) is 0 Å². The molecule has 0 saturated heterocycles. The van der Waals surface area contributed by atoms with Gasteiger partial charge in [0.15, 0.2) is 0 Å². The van der Waals surface area contributed by atoms with Gasteiger partial charge >= 0.3 is 5.97 Å². The number of carboxylic acids is 1. The molecule has 0 radical (unpaired) electrons. The first-order valence-corrected chi connectivity index (χ1v) is 6.53. The van der Waals surface area contributed by atoms with Crippen molar-refractivity contribution in [2.75, 3.05) is 0 Å². The van der Waals surface area contributed by atoms with Gasteiger partial charge in [0, 0.05) is 6.54 Å². The molecule has 20 heavy (non-hydrogen) atoms. The fourth-order valence-electron chi connectivity index (χ4n) is 1.75. The summed E-state index contributed by atoms with van der Waals surface area (Å²) < 4.78 is 0. The number of carbonyl (C=O) groups is 2. The lowest BCUT2D eigenvalue weighted by molar-refractivity contribution is -0.136. The summed E-state index contributed by atoms with van der Waals surface area (Å²) >= 11 is 0. The van der Waals surface area contributed by atoms with Crippen LogP contribution in [0.5, 0.6) is 0 Å². The summed E-state index contributed by atoms with van der Waals surface area (Å²) in [5, 5.41) is 11.6. The van der Waals surface area contributed by atoms with E-state index in [1.54, 1.807) is 18.2 Å². The van der Waals surface area contributed by atoms with Crippen LogP contribution in [0.4, 0.5) is 0 Å². The number of hydrogen-bond donors (Lipinski definition) is 3. The number of nitrogens with one attached hydrogen (secondary N) is 1. The van der Waals surface area contributed by atoms with Gasteiger partial charge in [-0.15, -0.1) is 0 Å². The van der Waals surface area contributed by atoms with Crippen molar-refractivity contribution >= 4 is 11.9 Å². The molecule has 1 unspecified atom stereocenters. The smallest absolute Gasteiger partial charge is 0.307 e. The summed E-state index contributed by atoms with van der Waals surface area (Å²) in [7, 11) is 0. The third-order valence-electron chi connectivity index (χ3n) is 3.13. The van der Waals surface area contributed by atoms with Crippen molar-refractivity contribution in [2.24, 2.45) is 11.1 Å². The molecule has 0 fully saturated rings. The standard InChI is InChI=1S/C15H22N2O3/c1-15(2,3)13(16)14(20)17-9-11-7-5-4-6-10(11)8-12(18)19/h4-7,13H,8-9,16H2,1-3H3,(H,17,20)(H,18,19). The highest BCUT2D eigenvalue weighted by atomic mass is 16.4. The van der Waals surface area contributed by atoms with Gasteiger partial charge in [0.05, 0.1) is 12.5 Å². The molecule has 1 amide bonds. The Morgan fingerprint density at radius 1 is 1.25 bits per heavy atom. The first kappa shape index (κ1) is 16.2. The Balaban J connectivity index is 2.71. The minimum atomic E-state index is -0.893. The minimum Gasteiger partial charge on any atom is -0.481 e. The average molecular weight is 278 g/mol. The Morgan fingerprint density at radius 2 is 1.80 bits per heavy atom. The molecular weight excluding hydrogens is 256 g/mol. The molecule has 0 aromatic heterocycles. The Labute approximate surface area is 119 Å². The number of hydrogen-bond acceptors (Lipinski definition) is 3. The maximum absolute atomic E-state index is 11.9. The first-order chi connectivity index (χ1) is 9.21. The van der Waals surface area contributed by atoms with E-state index in [1.165, 1.54) is 0 Å². The second-order valence-corrected chi connectivity index (χ2v) is 5.90. The summed E-state index contributed by atoms with van der Waals surface area (Å²) in [6, 6.07) is 6.55. The van der Waals surface area contributed by atoms with E-state index >= 15 is 0 Å². The molecule has 0 aliphatic rings. The van der Waals surface area contributed by atoms with Crippen LogP contribution in [0, 0.1) is 5.41 Å². The fraction of sp³-hybridized carbons (Fsp3) is 0.467. The van der Waals surface area contributed by atoms with Crippen molar-refractivity contribution in [1.29, 1.82) is 0 Å². The second kappa shape index (κ2) is 6.52. The maximum Gasteiger partial charge on any atom is 0.307 e. The van der Waals surface area contributed by atoms with Gasteiger partial charge in [-0.2, -0.15) is 0 Å². The minimum absolute atomic E-state index is 0.0582. The molecule has 0 bridgehead atoms. The lowest BCUT2D eigenvalue weighted by Crippen LogP contribution is -2.48. The SMILES string of the molecule is CC(C)(C)C(N)C(=O)NCc1ccccc1CC(=O)O. The van der Waals surface area contributed by atoms with Crippen LogP contribution < -0.4 is 11.1 Å². The number of rotatable bonds is 5. The van der Waals surface area contributed by atoms with Gasteiger partial charge in [-0.3, -0.25) is 9.59 Å². The largest absolute Gasteiger partial charge is 0.481 e. The molecule has 5 nitrogen and oxygen atoms in total. The zero-order chi connectivity index (χ0) is 15.3. The van der Waals surface area contributed by atoms with Crippen LogP contribution in [0.25, 0.3) is 0 Å². The number of aliphatic carboxylic acids is 1. The Morgan fingerprint density at radius 3 is 2.30 bits per heavy atom. The molecule has 0 saturated carbocycles. The average Bonchev–Trinajstić information content (AvgIpc) is 2.34. The molecule has 0 heterocycles. The molecule has 1 aromatic carbocycles. The summed E-state index contributed by atoms with van der Waals surface area (Å²) in [5.41, 5.74) is 7.05. The molecule has 1 aromatic rings. The van der Waals surface area contributed by atoms with E-state index in [1.807, 2.05) is 26.8 Å². The van der Waals surface area contributed by atoms with Crippen LogP contribution >= 0.6 is 0 Å². The van der Waals surface area contributed by atoms with Gasteiger partial charge in [0.2, 0.25) is 5.91 Å². The topological polar surface area (TPSA) is 92.4 Å². The Kier molecular flexibility index (Phi) is 5.27. The summed E-state index contributed by atoms with van der Waals surface area (Å²) in [5.74, 6) is -1.13.